The topological polar surface area (TPSA) is 97.3 Å². The lowest BCUT2D eigenvalue weighted by molar-refractivity contribution is 0.0998. The molecule has 7 nitrogen and oxygen atoms in total. The van der Waals surface area contributed by atoms with Crippen LogP contribution in [-0.4, -0.2) is 41.3 Å². The van der Waals surface area contributed by atoms with Crippen LogP contribution >= 0.6 is 24.0 Å². The number of nitrogens with two attached hydrogens (primary N) is 1. The molecule has 0 bridgehead atoms. The molecule has 1 fully saturated rings. The number of nitrogens with zero attached hydrogens (tertiary/aromatic N) is 3. The van der Waals surface area contributed by atoms with Crippen molar-refractivity contribution in [2.75, 3.05) is 13.6 Å². The number of rotatable bonds is 4. The molecular formula is C14H23IN6O. The zero-order chi connectivity index (χ0) is 14.8. The normalized spacial score (nSPS) is 20.8. The van der Waals surface area contributed by atoms with Crippen LogP contribution in [0.4, 0.5) is 0 Å². The molecular weight excluding hydrogens is 395 g/mol. The lowest BCUT2D eigenvalue weighted by atomic mass is 9.94. The Balaban J connectivity index is 0.00000176. The highest BCUT2D eigenvalue weighted by molar-refractivity contribution is 14.0. The average Bonchev–Trinajstić information content (AvgIpc) is 3.19. The number of aromatic nitrogens is 2. The summed E-state index contributed by atoms with van der Waals surface area (Å²) in [5, 5.41) is 11.0. The van der Waals surface area contributed by atoms with Crippen LogP contribution in [0.15, 0.2) is 11.2 Å². The van der Waals surface area contributed by atoms with Gasteiger partial charge in [0.2, 0.25) is 0 Å². The third-order valence-electron chi connectivity index (χ3n) is 4.15. The van der Waals surface area contributed by atoms with Gasteiger partial charge in [-0.3, -0.25) is 14.5 Å². The van der Waals surface area contributed by atoms with Gasteiger partial charge in [0, 0.05) is 26.2 Å². The minimum absolute atomic E-state index is 0. The summed E-state index contributed by atoms with van der Waals surface area (Å²) in [4.78, 5) is 15.6. The van der Waals surface area contributed by atoms with Crippen LogP contribution in [0.1, 0.15) is 35.3 Å². The number of guanidine groups is 1. The van der Waals surface area contributed by atoms with E-state index in [1.165, 1.54) is 12.8 Å². The van der Waals surface area contributed by atoms with Gasteiger partial charge in [0.05, 0.1) is 17.5 Å². The van der Waals surface area contributed by atoms with Crippen molar-refractivity contribution in [3.8, 4) is 0 Å². The highest BCUT2D eigenvalue weighted by Gasteiger charge is 2.25. The summed E-state index contributed by atoms with van der Waals surface area (Å²) in [5.74, 6) is 0.938. The number of aryl methyl sites for hydroxylation is 1. The van der Waals surface area contributed by atoms with Crippen molar-refractivity contribution in [2.45, 2.75) is 38.3 Å². The molecule has 4 N–H and O–H groups in total. The maximum atomic E-state index is 11.4. The van der Waals surface area contributed by atoms with Gasteiger partial charge in [0.25, 0.3) is 5.91 Å². The SMILES string of the molecule is CN=C(NCC1CCn2ncc(C(N)=O)c2C1)NC1CC1.I. The van der Waals surface area contributed by atoms with Crippen molar-refractivity contribution in [3.63, 3.8) is 0 Å². The van der Waals surface area contributed by atoms with Gasteiger partial charge >= 0.3 is 0 Å². The molecule has 8 heteroatoms. The molecule has 1 aromatic rings. The van der Waals surface area contributed by atoms with Gasteiger partial charge in [-0.2, -0.15) is 5.10 Å². The number of halogens is 1. The Morgan fingerprint density at radius 1 is 1.50 bits per heavy atom. The zero-order valence-electron chi connectivity index (χ0n) is 12.7. The lowest BCUT2D eigenvalue weighted by Gasteiger charge is -2.25. The third kappa shape index (κ3) is 3.90. The maximum Gasteiger partial charge on any atom is 0.252 e. The van der Waals surface area contributed by atoms with Crippen molar-refractivity contribution in [1.29, 1.82) is 0 Å². The lowest BCUT2D eigenvalue weighted by Crippen LogP contribution is -2.42. The van der Waals surface area contributed by atoms with E-state index < -0.39 is 5.91 Å². The molecule has 0 saturated heterocycles. The molecule has 1 saturated carbocycles. The first kappa shape index (κ1) is 17.0. The van der Waals surface area contributed by atoms with Crippen LogP contribution in [-0.2, 0) is 13.0 Å². The molecule has 0 aromatic carbocycles. The Morgan fingerprint density at radius 3 is 2.91 bits per heavy atom. The minimum Gasteiger partial charge on any atom is -0.365 e. The predicted octanol–water partition coefficient (Wildman–Crippen LogP) is 0.490. The number of amides is 1. The first-order valence-corrected chi connectivity index (χ1v) is 7.49. The van der Waals surface area contributed by atoms with Gasteiger partial charge in [-0.05, 0) is 31.6 Å². The van der Waals surface area contributed by atoms with Crippen molar-refractivity contribution >= 4 is 35.8 Å². The largest absolute Gasteiger partial charge is 0.365 e. The van der Waals surface area contributed by atoms with Crippen molar-refractivity contribution in [2.24, 2.45) is 16.6 Å². The van der Waals surface area contributed by atoms with Gasteiger partial charge in [0.1, 0.15) is 0 Å². The van der Waals surface area contributed by atoms with Crippen molar-refractivity contribution in [3.05, 3.63) is 17.5 Å². The van der Waals surface area contributed by atoms with E-state index in [1.54, 1.807) is 13.2 Å². The van der Waals surface area contributed by atoms with E-state index in [1.807, 2.05) is 4.68 Å². The predicted molar refractivity (Wildman–Crippen MR) is 95.5 cm³/mol. The highest BCUT2D eigenvalue weighted by atomic mass is 127. The number of primary amides is 1. The fraction of sp³-hybridized carbons (Fsp3) is 0.643. The van der Waals surface area contributed by atoms with E-state index >= 15 is 0 Å². The fourth-order valence-corrected chi connectivity index (χ4v) is 2.74. The first-order chi connectivity index (χ1) is 10.2. The number of fused-ring (bicyclic) bond motifs is 1. The van der Waals surface area contributed by atoms with Crippen LogP contribution in [0.25, 0.3) is 0 Å². The van der Waals surface area contributed by atoms with E-state index in [-0.39, 0.29) is 24.0 Å². The second kappa shape index (κ2) is 7.30. The molecule has 1 aromatic heterocycles. The zero-order valence-corrected chi connectivity index (χ0v) is 15.0. The Hall–Kier alpha value is -1.32. The minimum atomic E-state index is -0.393. The van der Waals surface area contributed by atoms with Crippen LogP contribution in [0.5, 0.6) is 0 Å². The van der Waals surface area contributed by atoms with E-state index in [9.17, 15) is 4.79 Å². The molecule has 2 heterocycles. The fourth-order valence-electron chi connectivity index (χ4n) is 2.74. The molecule has 122 valence electrons. The van der Waals surface area contributed by atoms with Crippen molar-refractivity contribution in [1.82, 2.24) is 20.4 Å². The Morgan fingerprint density at radius 2 is 2.27 bits per heavy atom. The number of aliphatic imine (C=N–C) groups is 1. The van der Waals surface area contributed by atoms with Gasteiger partial charge < -0.3 is 16.4 Å². The van der Waals surface area contributed by atoms with E-state index in [0.29, 0.717) is 17.5 Å². The van der Waals surface area contributed by atoms with Gasteiger partial charge in [-0.1, -0.05) is 0 Å². The number of hydrogen-bond acceptors (Lipinski definition) is 3. The maximum absolute atomic E-state index is 11.4. The monoisotopic (exact) mass is 418 g/mol. The van der Waals surface area contributed by atoms with Crippen LogP contribution < -0.4 is 16.4 Å². The summed E-state index contributed by atoms with van der Waals surface area (Å²) in [6.07, 6.45) is 5.91. The van der Waals surface area contributed by atoms with Crippen LogP contribution in [0.2, 0.25) is 0 Å². The molecule has 1 aliphatic heterocycles. The second-order valence-electron chi connectivity index (χ2n) is 5.82. The van der Waals surface area contributed by atoms with Crippen LogP contribution in [0, 0.1) is 5.92 Å². The molecule has 0 radical (unpaired) electrons. The standard InChI is InChI=1S/C14H22N6O.HI/c1-16-14(19-10-2-3-10)17-7-9-4-5-20-12(6-9)11(8-18-20)13(15)21;/h8-10H,2-7H2,1H3,(H2,15,21)(H2,16,17,19);1H. The summed E-state index contributed by atoms with van der Waals surface area (Å²) in [6.45, 7) is 1.68. The number of carbonyl (C=O) groups is 1. The first-order valence-electron chi connectivity index (χ1n) is 7.49. The molecule has 1 unspecified atom stereocenters. The molecule has 1 atom stereocenters. The molecule has 1 aliphatic carbocycles. The quantitative estimate of drug-likeness (QED) is 0.377. The highest BCUT2D eigenvalue weighted by Crippen LogP contribution is 2.22. The van der Waals surface area contributed by atoms with Gasteiger partial charge in [-0.15, -0.1) is 24.0 Å². The van der Waals surface area contributed by atoms with Gasteiger partial charge in [0.15, 0.2) is 5.96 Å². The summed E-state index contributed by atoms with van der Waals surface area (Å²) in [7, 11) is 1.79. The van der Waals surface area contributed by atoms with Crippen LogP contribution in [0.3, 0.4) is 0 Å². The second-order valence-corrected chi connectivity index (χ2v) is 5.82. The number of nitrogens with one attached hydrogen (secondary N) is 2. The summed E-state index contributed by atoms with van der Waals surface area (Å²) >= 11 is 0. The smallest absolute Gasteiger partial charge is 0.252 e. The van der Waals surface area contributed by atoms with E-state index in [4.69, 9.17) is 5.73 Å². The average molecular weight is 418 g/mol. The molecule has 3 rings (SSSR count). The summed E-state index contributed by atoms with van der Waals surface area (Å²) in [6, 6.07) is 0.588. The Labute approximate surface area is 147 Å². The molecule has 22 heavy (non-hydrogen) atoms. The molecule has 2 aliphatic rings. The molecule has 1 amide bonds. The third-order valence-corrected chi connectivity index (χ3v) is 4.15. The van der Waals surface area contributed by atoms with Crippen molar-refractivity contribution < 1.29 is 4.79 Å². The van der Waals surface area contributed by atoms with Gasteiger partial charge in [-0.25, -0.2) is 0 Å². The number of carbonyl (C=O) groups excluding carboxylic acids is 1. The Kier molecular flexibility index (Phi) is 5.65. The Bertz CT molecular complexity index is 566. The number of hydrogen-bond donors (Lipinski definition) is 3. The summed E-state index contributed by atoms with van der Waals surface area (Å²) < 4.78 is 1.90. The summed E-state index contributed by atoms with van der Waals surface area (Å²) in [5.41, 5.74) is 6.92. The van der Waals surface area contributed by atoms with E-state index in [0.717, 1.165) is 37.6 Å². The van der Waals surface area contributed by atoms with E-state index in [2.05, 4.69) is 20.7 Å². The molecule has 0 spiro atoms.